The summed E-state index contributed by atoms with van der Waals surface area (Å²) in [5.74, 6) is 0.984. The van der Waals surface area contributed by atoms with Crippen molar-refractivity contribution in [3.63, 3.8) is 0 Å². The molecule has 3 nitrogen and oxygen atoms in total. The Morgan fingerprint density at radius 3 is 2.91 bits per heavy atom. The SMILES string of the molecule is Cc1nnc(SCCC[NH])s1. The molecule has 0 spiro atoms. The molecule has 61 valence electrons. The van der Waals surface area contributed by atoms with Gasteiger partial charge in [0, 0.05) is 12.3 Å². The maximum atomic E-state index is 6.93. The zero-order valence-corrected chi connectivity index (χ0v) is 7.97. The molecule has 1 N–H and O–H groups in total. The van der Waals surface area contributed by atoms with Crippen LogP contribution in [0.5, 0.6) is 0 Å². The molecule has 0 atom stereocenters. The number of aryl methyl sites for hydroxylation is 1. The van der Waals surface area contributed by atoms with Crippen molar-refractivity contribution in [2.45, 2.75) is 17.7 Å². The van der Waals surface area contributed by atoms with E-state index >= 15 is 0 Å². The Balaban J connectivity index is 2.27. The lowest BCUT2D eigenvalue weighted by Crippen LogP contribution is -1.86. The lowest BCUT2D eigenvalue weighted by atomic mass is 10.5. The molecule has 0 fully saturated rings. The molecule has 1 aromatic rings. The Hall–Kier alpha value is -0.130. The van der Waals surface area contributed by atoms with Crippen molar-refractivity contribution in [2.75, 3.05) is 12.3 Å². The summed E-state index contributed by atoms with van der Waals surface area (Å²) in [6, 6.07) is 0. The Labute approximate surface area is 74.4 Å². The third kappa shape index (κ3) is 3.18. The molecule has 0 saturated heterocycles. The lowest BCUT2D eigenvalue weighted by molar-refractivity contribution is 0.914. The van der Waals surface area contributed by atoms with Crippen LogP contribution >= 0.6 is 23.1 Å². The van der Waals surface area contributed by atoms with Gasteiger partial charge in [0.1, 0.15) is 5.01 Å². The van der Waals surface area contributed by atoms with Crippen molar-refractivity contribution in [3.05, 3.63) is 5.01 Å². The van der Waals surface area contributed by atoms with Gasteiger partial charge < -0.3 is 0 Å². The smallest absolute Gasteiger partial charge is 0.174 e. The Bertz CT molecular complexity index is 211. The topological polar surface area (TPSA) is 49.6 Å². The fourth-order valence-electron chi connectivity index (χ4n) is 0.568. The number of thioether (sulfide) groups is 1. The monoisotopic (exact) mass is 188 g/mol. The molecular formula is C6H10N3S2. The summed E-state index contributed by atoms with van der Waals surface area (Å²) in [5, 5.41) is 8.87. The van der Waals surface area contributed by atoms with Crippen LogP contribution in [0.15, 0.2) is 4.34 Å². The Kier molecular flexibility index (Phi) is 3.82. The maximum absolute atomic E-state index is 6.93. The quantitative estimate of drug-likeness (QED) is 0.533. The van der Waals surface area contributed by atoms with Gasteiger partial charge in [-0.05, 0) is 13.3 Å². The average molecular weight is 188 g/mol. The minimum atomic E-state index is 0.505. The highest BCUT2D eigenvalue weighted by atomic mass is 32.2. The minimum absolute atomic E-state index is 0.505. The van der Waals surface area contributed by atoms with Crippen LogP contribution in [-0.4, -0.2) is 22.5 Å². The number of nitrogens with zero attached hydrogens (tertiary/aromatic N) is 2. The van der Waals surface area contributed by atoms with E-state index < -0.39 is 0 Å². The van der Waals surface area contributed by atoms with Crippen molar-refractivity contribution < 1.29 is 0 Å². The van der Waals surface area contributed by atoms with Crippen molar-refractivity contribution >= 4 is 23.1 Å². The predicted octanol–water partition coefficient (Wildman–Crippen LogP) is 1.61. The highest BCUT2D eigenvalue weighted by molar-refractivity contribution is 8.01. The molecule has 11 heavy (non-hydrogen) atoms. The lowest BCUT2D eigenvalue weighted by Gasteiger charge is -1.91. The molecule has 0 aromatic carbocycles. The van der Waals surface area contributed by atoms with Crippen molar-refractivity contribution in [3.8, 4) is 0 Å². The van der Waals surface area contributed by atoms with Gasteiger partial charge in [-0.15, -0.1) is 10.2 Å². The first-order chi connectivity index (χ1) is 5.33. The second-order valence-corrected chi connectivity index (χ2v) is 4.56. The third-order valence-corrected chi connectivity index (χ3v) is 3.11. The summed E-state index contributed by atoms with van der Waals surface area (Å²) in [6.07, 6.45) is 0.934. The van der Waals surface area contributed by atoms with E-state index in [1.807, 2.05) is 6.92 Å². The van der Waals surface area contributed by atoms with Gasteiger partial charge in [-0.2, -0.15) is 0 Å². The van der Waals surface area contributed by atoms with Crippen LogP contribution in [0.3, 0.4) is 0 Å². The van der Waals surface area contributed by atoms with Gasteiger partial charge in [-0.3, -0.25) is 5.73 Å². The van der Waals surface area contributed by atoms with E-state index in [0.717, 1.165) is 21.5 Å². The number of hydrogen-bond acceptors (Lipinski definition) is 4. The second kappa shape index (κ2) is 4.69. The van der Waals surface area contributed by atoms with Crippen LogP contribution in [0.4, 0.5) is 0 Å². The molecule has 0 saturated carbocycles. The molecule has 0 aliphatic carbocycles. The molecule has 1 heterocycles. The molecular weight excluding hydrogens is 178 g/mol. The van der Waals surface area contributed by atoms with Crippen LogP contribution in [-0.2, 0) is 0 Å². The summed E-state index contributed by atoms with van der Waals surface area (Å²) in [4.78, 5) is 0. The third-order valence-electron chi connectivity index (χ3n) is 1.05. The molecule has 0 unspecified atom stereocenters. The number of aromatic nitrogens is 2. The Morgan fingerprint density at radius 2 is 2.36 bits per heavy atom. The fourth-order valence-corrected chi connectivity index (χ4v) is 2.39. The van der Waals surface area contributed by atoms with E-state index in [9.17, 15) is 0 Å². The number of hydrogen-bond donors (Lipinski definition) is 0. The second-order valence-electron chi connectivity index (χ2n) is 2.04. The van der Waals surface area contributed by atoms with Gasteiger partial charge in [0.2, 0.25) is 0 Å². The standard InChI is InChI=1S/C6H10N3S2/c1-5-8-9-6(11-5)10-4-2-3-7/h7H,2-4H2,1H3. The van der Waals surface area contributed by atoms with Gasteiger partial charge >= 0.3 is 0 Å². The predicted molar refractivity (Wildman–Crippen MR) is 48.0 cm³/mol. The summed E-state index contributed by atoms with van der Waals surface area (Å²) in [6.45, 7) is 2.46. The average Bonchev–Trinajstić information content (AvgIpc) is 2.37. The van der Waals surface area contributed by atoms with E-state index in [-0.39, 0.29) is 0 Å². The van der Waals surface area contributed by atoms with Gasteiger partial charge in [0.15, 0.2) is 4.34 Å². The van der Waals surface area contributed by atoms with E-state index in [2.05, 4.69) is 10.2 Å². The molecule has 1 rings (SSSR count). The highest BCUT2D eigenvalue weighted by Crippen LogP contribution is 2.21. The molecule has 1 radical (unpaired) electrons. The van der Waals surface area contributed by atoms with Crippen LogP contribution in [0.2, 0.25) is 0 Å². The fraction of sp³-hybridized carbons (Fsp3) is 0.667. The van der Waals surface area contributed by atoms with Crippen molar-refractivity contribution in [1.29, 1.82) is 0 Å². The van der Waals surface area contributed by atoms with E-state index in [4.69, 9.17) is 5.73 Å². The molecule has 0 bridgehead atoms. The summed E-state index contributed by atoms with van der Waals surface area (Å²) < 4.78 is 1.02. The summed E-state index contributed by atoms with van der Waals surface area (Å²) in [7, 11) is 0. The molecule has 0 aliphatic rings. The first-order valence-electron chi connectivity index (χ1n) is 3.40. The van der Waals surface area contributed by atoms with Crippen molar-refractivity contribution in [1.82, 2.24) is 15.9 Å². The largest absolute Gasteiger partial charge is 0.258 e. The van der Waals surface area contributed by atoms with E-state index in [1.54, 1.807) is 23.1 Å². The van der Waals surface area contributed by atoms with E-state index in [1.165, 1.54) is 0 Å². The normalized spacial score (nSPS) is 10.4. The first kappa shape index (κ1) is 8.96. The van der Waals surface area contributed by atoms with Crippen LogP contribution in [0.25, 0.3) is 0 Å². The molecule has 0 amide bonds. The highest BCUT2D eigenvalue weighted by Gasteiger charge is 1.99. The van der Waals surface area contributed by atoms with Gasteiger partial charge in [-0.25, -0.2) is 0 Å². The number of rotatable bonds is 4. The number of nitrogens with one attached hydrogen (secondary N) is 1. The molecule has 0 aliphatic heterocycles. The van der Waals surface area contributed by atoms with Gasteiger partial charge in [-0.1, -0.05) is 23.1 Å². The first-order valence-corrected chi connectivity index (χ1v) is 5.20. The summed E-state index contributed by atoms with van der Waals surface area (Å²) >= 11 is 3.31. The molecule has 1 aromatic heterocycles. The molecule has 5 heteroatoms. The van der Waals surface area contributed by atoms with Crippen molar-refractivity contribution in [2.24, 2.45) is 0 Å². The summed E-state index contributed by atoms with van der Waals surface area (Å²) in [5.41, 5.74) is 6.93. The minimum Gasteiger partial charge on any atom is -0.258 e. The van der Waals surface area contributed by atoms with Gasteiger partial charge in [0.05, 0.1) is 0 Å². The zero-order valence-electron chi connectivity index (χ0n) is 6.33. The van der Waals surface area contributed by atoms with Gasteiger partial charge in [0.25, 0.3) is 0 Å². The Morgan fingerprint density at radius 1 is 1.55 bits per heavy atom. The maximum Gasteiger partial charge on any atom is 0.174 e. The van der Waals surface area contributed by atoms with Crippen LogP contribution in [0, 0.1) is 6.92 Å². The van der Waals surface area contributed by atoms with E-state index in [0.29, 0.717) is 6.54 Å². The zero-order chi connectivity index (χ0) is 8.10. The van der Waals surface area contributed by atoms with Crippen LogP contribution < -0.4 is 5.73 Å². The van der Waals surface area contributed by atoms with Crippen LogP contribution in [0.1, 0.15) is 11.4 Å².